The molecule has 1 heterocycles. The van der Waals surface area contributed by atoms with E-state index in [1.54, 1.807) is 23.4 Å². The molecule has 0 aromatic heterocycles. The molecule has 2 aliphatic carbocycles. The van der Waals surface area contributed by atoms with Crippen LogP contribution in [-0.4, -0.2) is 31.6 Å². The predicted molar refractivity (Wildman–Crippen MR) is 101 cm³/mol. The van der Waals surface area contributed by atoms with Gasteiger partial charge in [-0.2, -0.15) is 4.31 Å². The third kappa shape index (κ3) is 2.87. The van der Waals surface area contributed by atoms with E-state index in [1.165, 1.54) is 0 Å². The molecule has 1 saturated carbocycles. The number of benzene rings is 1. The number of allylic oxidation sites excluding steroid dienone is 4. The van der Waals surface area contributed by atoms with Gasteiger partial charge in [-0.05, 0) is 56.1 Å². The molecule has 1 aromatic carbocycles. The van der Waals surface area contributed by atoms with Crippen LogP contribution in [0, 0.1) is 36.5 Å². The molecule has 5 atom stereocenters. The summed E-state index contributed by atoms with van der Waals surface area (Å²) in [7, 11) is -3.51. The van der Waals surface area contributed by atoms with Gasteiger partial charge in [-0.25, -0.2) is 8.42 Å². The van der Waals surface area contributed by atoms with Crippen LogP contribution >= 0.6 is 0 Å². The number of hydrogen-bond donors (Lipinski definition) is 0. The number of rotatable bonds is 3. The quantitative estimate of drug-likeness (QED) is 0.820. The van der Waals surface area contributed by atoms with Crippen molar-refractivity contribution in [1.29, 1.82) is 0 Å². The molecule has 1 saturated heterocycles. The molecule has 4 rings (SSSR count). The van der Waals surface area contributed by atoms with Crippen LogP contribution in [0.15, 0.2) is 53.5 Å². The van der Waals surface area contributed by atoms with E-state index in [0.29, 0.717) is 23.9 Å². The number of carbonyl (C=O) groups excluding carboxylic acids is 1. The Morgan fingerprint density at radius 2 is 1.77 bits per heavy atom. The number of Topliss-reactive ketones (excluding diaryl/α,β-unsaturated/α-hetero) is 1. The van der Waals surface area contributed by atoms with Crippen molar-refractivity contribution in [3.05, 3.63) is 54.1 Å². The SMILES string of the molecule is CC(=O)C1C2CN(S(=O)(=O)c3ccc(C)cc3)C[C@@H]2C[C@H]2C=CC=C[C@H]12. The maximum absolute atomic E-state index is 13.1. The number of sulfonamides is 1. The summed E-state index contributed by atoms with van der Waals surface area (Å²) in [6.45, 7) is 4.58. The summed E-state index contributed by atoms with van der Waals surface area (Å²) in [5.41, 5.74) is 1.04. The second-order valence-corrected chi connectivity index (χ2v) is 9.88. The van der Waals surface area contributed by atoms with E-state index in [-0.39, 0.29) is 29.5 Å². The molecule has 3 aliphatic rings. The molecule has 2 fully saturated rings. The van der Waals surface area contributed by atoms with E-state index in [2.05, 4.69) is 18.2 Å². The van der Waals surface area contributed by atoms with Gasteiger partial charge in [0, 0.05) is 19.0 Å². The van der Waals surface area contributed by atoms with Gasteiger partial charge in [0.05, 0.1) is 4.90 Å². The fourth-order valence-electron chi connectivity index (χ4n) is 5.07. The number of aryl methyl sites for hydroxylation is 1. The van der Waals surface area contributed by atoms with Gasteiger partial charge in [0.2, 0.25) is 10.0 Å². The minimum atomic E-state index is -3.51. The number of fused-ring (bicyclic) bond motifs is 2. The Labute approximate surface area is 155 Å². The third-order valence-corrected chi connectivity index (χ3v) is 8.18. The molecule has 1 aliphatic heterocycles. The fraction of sp³-hybridized carbons (Fsp3) is 0.476. The normalized spacial score (nSPS) is 33.7. The van der Waals surface area contributed by atoms with Crippen molar-refractivity contribution in [2.24, 2.45) is 29.6 Å². The summed E-state index contributed by atoms with van der Waals surface area (Å²) in [5.74, 6) is 1.02. The first-order valence-corrected chi connectivity index (χ1v) is 10.7. The smallest absolute Gasteiger partial charge is 0.243 e. The average Bonchev–Trinajstić information content (AvgIpc) is 3.03. The molecule has 5 heteroatoms. The summed E-state index contributed by atoms with van der Waals surface area (Å²) in [6.07, 6.45) is 9.36. The van der Waals surface area contributed by atoms with Crippen molar-refractivity contribution in [1.82, 2.24) is 4.31 Å². The van der Waals surface area contributed by atoms with E-state index in [4.69, 9.17) is 0 Å². The Hall–Kier alpha value is -1.72. The largest absolute Gasteiger partial charge is 0.300 e. The molecule has 138 valence electrons. The van der Waals surface area contributed by atoms with Gasteiger partial charge in [-0.1, -0.05) is 42.0 Å². The second kappa shape index (κ2) is 6.46. The van der Waals surface area contributed by atoms with Gasteiger partial charge in [0.15, 0.2) is 0 Å². The Bertz CT molecular complexity index is 869. The fourth-order valence-corrected chi connectivity index (χ4v) is 6.60. The van der Waals surface area contributed by atoms with Crippen LogP contribution in [0.1, 0.15) is 18.9 Å². The van der Waals surface area contributed by atoms with Crippen molar-refractivity contribution < 1.29 is 13.2 Å². The van der Waals surface area contributed by atoms with Crippen molar-refractivity contribution in [3.63, 3.8) is 0 Å². The van der Waals surface area contributed by atoms with Gasteiger partial charge in [-0.15, -0.1) is 0 Å². The lowest BCUT2D eigenvalue weighted by molar-refractivity contribution is -0.126. The average molecular weight is 372 g/mol. The molecule has 26 heavy (non-hydrogen) atoms. The van der Waals surface area contributed by atoms with Crippen LogP contribution in [0.5, 0.6) is 0 Å². The lowest BCUT2D eigenvalue weighted by atomic mass is 9.61. The minimum absolute atomic E-state index is 0.0850. The van der Waals surface area contributed by atoms with Gasteiger partial charge in [0.1, 0.15) is 5.78 Å². The Balaban J connectivity index is 1.64. The van der Waals surface area contributed by atoms with Crippen LogP contribution in [0.3, 0.4) is 0 Å². The van der Waals surface area contributed by atoms with Crippen LogP contribution in [0.2, 0.25) is 0 Å². The van der Waals surface area contributed by atoms with Gasteiger partial charge >= 0.3 is 0 Å². The summed E-state index contributed by atoms with van der Waals surface area (Å²) >= 11 is 0. The predicted octanol–water partition coefficient (Wildman–Crippen LogP) is 3.20. The highest BCUT2D eigenvalue weighted by Gasteiger charge is 2.51. The van der Waals surface area contributed by atoms with Crippen molar-refractivity contribution in [2.75, 3.05) is 13.1 Å². The molecule has 0 N–H and O–H groups in total. The summed E-state index contributed by atoms with van der Waals surface area (Å²) < 4.78 is 27.8. The lowest BCUT2D eigenvalue weighted by Gasteiger charge is -2.42. The van der Waals surface area contributed by atoms with E-state index < -0.39 is 10.0 Å². The lowest BCUT2D eigenvalue weighted by Crippen LogP contribution is -2.42. The molecular formula is C21H25NO3S. The zero-order valence-electron chi connectivity index (χ0n) is 15.2. The van der Waals surface area contributed by atoms with E-state index >= 15 is 0 Å². The Morgan fingerprint density at radius 1 is 1.08 bits per heavy atom. The first-order chi connectivity index (χ1) is 12.4. The summed E-state index contributed by atoms with van der Waals surface area (Å²) in [4.78, 5) is 12.8. The first kappa shape index (κ1) is 17.7. The monoisotopic (exact) mass is 371 g/mol. The van der Waals surface area contributed by atoms with Crippen molar-refractivity contribution in [3.8, 4) is 0 Å². The zero-order valence-corrected chi connectivity index (χ0v) is 16.0. The molecule has 0 amide bonds. The van der Waals surface area contributed by atoms with E-state index in [0.717, 1.165) is 12.0 Å². The van der Waals surface area contributed by atoms with Crippen LogP contribution in [0.25, 0.3) is 0 Å². The maximum Gasteiger partial charge on any atom is 0.243 e. The van der Waals surface area contributed by atoms with E-state index in [9.17, 15) is 13.2 Å². The maximum atomic E-state index is 13.1. The minimum Gasteiger partial charge on any atom is -0.300 e. The number of hydrogen-bond acceptors (Lipinski definition) is 3. The molecule has 1 aromatic rings. The Kier molecular flexibility index (Phi) is 4.40. The van der Waals surface area contributed by atoms with Crippen LogP contribution < -0.4 is 0 Å². The Morgan fingerprint density at radius 3 is 2.46 bits per heavy atom. The summed E-state index contributed by atoms with van der Waals surface area (Å²) in [6, 6.07) is 7.03. The highest BCUT2D eigenvalue weighted by molar-refractivity contribution is 7.89. The standard InChI is InChI=1S/C21H25NO3S/c1-14-7-9-18(10-8-14)26(24,25)22-12-17-11-16-5-3-4-6-19(16)21(15(2)23)20(17)13-22/h3-10,16-17,19-21H,11-13H2,1-2H3/t16-,17+,19+,20?,21?/m1/s1. The molecule has 0 bridgehead atoms. The number of carbonyl (C=O) groups is 1. The third-order valence-electron chi connectivity index (χ3n) is 6.33. The molecule has 0 radical (unpaired) electrons. The highest BCUT2D eigenvalue weighted by Crippen LogP contribution is 2.49. The van der Waals surface area contributed by atoms with Crippen molar-refractivity contribution in [2.45, 2.75) is 25.2 Å². The van der Waals surface area contributed by atoms with Gasteiger partial charge < -0.3 is 0 Å². The molecular weight excluding hydrogens is 346 g/mol. The van der Waals surface area contributed by atoms with Gasteiger partial charge in [-0.3, -0.25) is 4.79 Å². The first-order valence-electron chi connectivity index (χ1n) is 9.30. The van der Waals surface area contributed by atoms with E-state index in [1.807, 2.05) is 25.1 Å². The van der Waals surface area contributed by atoms with Crippen molar-refractivity contribution >= 4 is 15.8 Å². The number of ketones is 1. The van der Waals surface area contributed by atoms with Crippen LogP contribution in [0.4, 0.5) is 0 Å². The zero-order chi connectivity index (χ0) is 18.5. The highest BCUT2D eigenvalue weighted by atomic mass is 32.2. The summed E-state index contributed by atoms with van der Waals surface area (Å²) in [5, 5.41) is 0. The topological polar surface area (TPSA) is 54.5 Å². The molecule has 0 spiro atoms. The number of nitrogens with zero attached hydrogens (tertiary/aromatic N) is 1. The second-order valence-electron chi connectivity index (χ2n) is 7.94. The van der Waals surface area contributed by atoms with Gasteiger partial charge in [0.25, 0.3) is 0 Å². The molecule has 4 nitrogen and oxygen atoms in total. The van der Waals surface area contributed by atoms with Crippen LogP contribution in [-0.2, 0) is 14.8 Å². The molecule has 2 unspecified atom stereocenters.